The van der Waals surface area contributed by atoms with E-state index in [9.17, 15) is 35.1 Å². The molecule has 11 heteroatoms. The van der Waals surface area contributed by atoms with Gasteiger partial charge in [-0.2, -0.15) is 0 Å². The maximum Gasteiger partial charge on any atom is 0.306 e. The third-order valence-corrected chi connectivity index (χ3v) is 18.9. The van der Waals surface area contributed by atoms with Crippen molar-refractivity contribution in [2.45, 2.75) is 449 Å². The Bertz CT molecular complexity index is 1550. The van der Waals surface area contributed by atoms with Gasteiger partial charge in [-0.05, 0) is 51.4 Å². The molecule has 0 saturated carbocycles. The van der Waals surface area contributed by atoms with Crippen LogP contribution in [0.15, 0.2) is 24.3 Å². The van der Waals surface area contributed by atoms with Gasteiger partial charge in [-0.25, -0.2) is 0 Å². The normalized spacial score (nSPS) is 18.1. The lowest BCUT2D eigenvalue weighted by Gasteiger charge is -2.41. The van der Waals surface area contributed by atoms with Crippen molar-refractivity contribution < 1.29 is 49.3 Å². The van der Waals surface area contributed by atoms with Crippen molar-refractivity contribution in [3.63, 3.8) is 0 Å². The number of unbranched alkanes of at least 4 members (excludes halogenated alkanes) is 53. The Kier molecular flexibility index (Phi) is 63.3. The maximum absolute atomic E-state index is 13.5. The molecular weight excluding hydrogens is 1110 g/mol. The van der Waals surface area contributed by atoms with Crippen LogP contribution in [0.1, 0.15) is 400 Å². The number of aliphatic hydroxyl groups excluding tert-OH is 5. The summed E-state index contributed by atoms with van der Waals surface area (Å²) in [5.41, 5.74) is 0. The van der Waals surface area contributed by atoms with Crippen LogP contribution < -0.4 is 5.32 Å². The van der Waals surface area contributed by atoms with E-state index < -0.39 is 67.4 Å². The molecule has 1 heterocycles. The molecule has 1 rings (SSSR count). The maximum atomic E-state index is 13.5. The van der Waals surface area contributed by atoms with Crippen LogP contribution >= 0.6 is 0 Å². The number of carbonyl (C=O) groups is 2. The van der Waals surface area contributed by atoms with E-state index in [1.54, 1.807) is 6.08 Å². The predicted octanol–water partition coefficient (Wildman–Crippen LogP) is 20.7. The summed E-state index contributed by atoms with van der Waals surface area (Å²) >= 11 is 0. The molecule has 1 amide bonds. The molecule has 0 spiro atoms. The molecule has 0 aromatic rings. The summed E-state index contributed by atoms with van der Waals surface area (Å²) in [5.74, 6) is -1.17. The van der Waals surface area contributed by atoms with Gasteiger partial charge in [0.2, 0.25) is 5.91 Å². The van der Waals surface area contributed by atoms with Crippen molar-refractivity contribution in [1.29, 1.82) is 0 Å². The lowest BCUT2D eigenvalue weighted by Crippen LogP contribution is -2.61. The quantitative estimate of drug-likeness (QED) is 0.0195. The Hall–Kier alpha value is -1.86. The minimum absolute atomic E-state index is 0.131. The Morgan fingerprint density at radius 2 is 0.742 bits per heavy atom. The molecule has 1 aliphatic heterocycles. The minimum atomic E-state index is -1.61. The van der Waals surface area contributed by atoms with E-state index in [2.05, 4.69) is 38.2 Å². The van der Waals surface area contributed by atoms with Crippen molar-refractivity contribution in [2.24, 2.45) is 0 Å². The first-order chi connectivity index (χ1) is 43.7. The number of amides is 1. The fraction of sp³-hybridized carbons (Fsp3) is 0.923. The molecule has 11 nitrogen and oxygen atoms in total. The summed E-state index contributed by atoms with van der Waals surface area (Å²) in [4.78, 5) is 26.8. The van der Waals surface area contributed by atoms with Crippen LogP contribution in [0.25, 0.3) is 0 Å². The van der Waals surface area contributed by atoms with Gasteiger partial charge in [0, 0.05) is 6.42 Å². The van der Waals surface area contributed by atoms with Crippen molar-refractivity contribution in [2.75, 3.05) is 13.2 Å². The lowest BCUT2D eigenvalue weighted by molar-refractivity contribution is -0.305. The number of hydrogen-bond acceptors (Lipinski definition) is 10. The molecule has 1 saturated heterocycles. The Morgan fingerprint density at radius 3 is 1.09 bits per heavy atom. The highest BCUT2D eigenvalue weighted by Crippen LogP contribution is 2.27. The topological polar surface area (TPSA) is 175 Å². The Labute approximate surface area is 550 Å². The summed E-state index contributed by atoms with van der Waals surface area (Å²) in [5, 5.41) is 57.4. The zero-order valence-electron chi connectivity index (χ0n) is 58.8. The number of rotatable bonds is 69. The minimum Gasteiger partial charge on any atom is -0.454 e. The molecule has 0 aliphatic carbocycles. The number of hydrogen-bond donors (Lipinski definition) is 6. The SMILES string of the molecule is CCCCCCCC/C=C/CCCCCCCCCCCCCCCCC(O)C(=O)NC(COC1OC(CO)C(O)C(O)C1OC(=O)CCCCCCCCCCCCCCCCCCCCCCCCC)C(O)/C=C/CCCCCCCCCCCCC. The fourth-order valence-corrected chi connectivity index (χ4v) is 12.7. The Morgan fingerprint density at radius 1 is 0.427 bits per heavy atom. The van der Waals surface area contributed by atoms with E-state index in [0.717, 1.165) is 57.8 Å². The van der Waals surface area contributed by atoms with Crippen LogP contribution in [-0.2, 0) is 23.8 Å². The first kappa shape index (κ1) is 85.2. The number of aliphatic hydroxyl groups is 5. The second-order valence-corrected chi connectivity index (χ2v) is 27.5. The van der Waals surface area contributed by atoms with E-state index in [-0.39, 0.29) is 13.0 Å². The van der Waals surface area contributed by atoms with E-state index in [1.807, 2.05) is 6.08 Å². The van der Waals surface area contributed by atoms with E-state index in [4.69, 9.17) is 14.2 Å². The smallest absolute Gasteiger partial charge is 0.306 e. The van der Waals surface area contributed by atoms with Crippen LogP contribution in [0, 0.1) is 0 Å². The Balaban J connectivity index is 2.52. The molecule has 0 bridgehead atoms. The van der Waals surface area contributed by atoms with Gasteiger partial charge in [0.25, 0.3) is 0 Å². The highest BCUT2D eigenvalue weighted by molar-refractivity contribution is 5.80. The standard InChI is InChI=1S/C78H149NO10/c1-4-7-10-13-16-19-22-25-27-29-31-33-35-37-38-40-42-44-47-50-53-56-59-62-65-71(82)77(86)79-69(70(81)64-61-58-55-52-49-46-24-21-18-15-12-9-6-3)68-87-78-76(75(85)74(84)72(67-80)88-78)89-73(83)66-63-60-57-54-51-48-45-43-41-39-36-34-32-30-28-26-23-20-17-14-11-8-5-2/h25,27,61,64,69-72,74-76,78,80-82,84-85H,4-24,26,28-60,62-63,65-68H2,1-3H3,(H,79,86)/b27-25+,64-61+. The van der Waals surface area contributed by atoms with Gasteiger partial charge in [0.1, 0.15) is 24.4 Å². The molecule has 1 fully saturated rings. The average molecular weight is 1260 g/mol. The second-order valence-electron chi connectivity index (χ2n) is 27.5. The molecule has 526 valence electrons. The molecule has 0 radical (unpaired) electrons. The summed E-state index contributed by atoms with van der Waals surface area (Å²) < 4.78 is 17.8. The molecule has 0 aromatic heterocycles. The van der Waals surface area contributed by atoms with Crippen LogP contribution in [0.4, 0.5) is 0 Å². The molecule has 8 atom stereocenters. The van der Waals surface area contributed by atoms with E-state index in [0.29, 0.717) is 19.3 Å². The van der Waals surface area contributed by atoms with Crippen molar-refractivity contribution in [3.8, 4) is 0 Å². The largest absolute Gasteiger partial charge is 0.454 e. The monoisotopic (exact) mass is 1260 g/mol. The zero-order valence-corrected chi connectivity index (χ0v) is 58.8. The van der Waals surface area contributed by atoms with E-state index >= 15 is 0 Å². The third kappa shape index (κ3) is 53.1. The molecule has 6 N–H and O–H groups in total. The summed E-state index contributed by atoms with van der Waals surface area (Å²) in [6.07, 6.45) is 70.9. The number of esters is 1. The van der Waals surface area contributed by atoms with Gasteiger partial charge in [0.05, 0.1) is 25.4 Å². The van der Waals surface area contributed by atoms with Gasteiger partial charge in [-0.3, -0.25) is 9.59 Å². The highest BCUT2D eigenvalue weighted by Gasteiger charge is 2.47. The summed E-state index contributed by atoms with van der Waals surface area (Å²) in [7, 11) is 0. The molecule has 0 aromatic carbocycles. The third-order valence-electron chi connectivity index (χ3n) is 18.9. The fourth-order valence-electron chi connectivity index (χ4n) is 12.7. The van der Waals surface area contributed by atoms with Crippen LogP contribution in [-0.4, -0.2) is 99.6 Å². The summed E-state index contributed by atoms with van der Waals surface area (Å²) in [6.45, 7) is 5.87. The van der Waals surface area contributed by atoms with E-state index in [1.165, 1.54) is 295 Å². The van der Waals surface area contributed by atoms with Crippen LogP contribution in [0.3, 0.4) is 0 Å². The van der Waals surface area contributed by atoms with Gasteiger partial charge in [-0.1, -0.05) is 366 Å². The van der Waals surface area contributed by atoms with Gasteiger partial charge >= 0.3 is 5.97 Å². The number of allylic oxidation sites excluding steroid dienone is 3. The number of carbonyl (C=O) groups excluding carboxylic acids is 2. The molecule has 8 unspecified atom stereocenters. The molecular formula is C78H149NO10. The lowest BCUT2D eigenvalue weighted by atomic mass is 9.99. The highest BCUT2D eigenvalue weighted by atomic mass is 16.7. The number of nitrogens with one attached hydrogen (secondary N) is 1. The zero-order chi connectivity index (χ0) is 64.6. The van der Waals surface area contributed by atoms with Crippen molar-refractivity contribution >= 4 is 11.9 Å². The number of ether oxygens (including phenoxy) is 3. The molecule has 89 heavy (non-hydrogen) atoms. The predicted molar refractivity (Wildman–Crippen MR) is 375 cm³/mol. The first-order valence-corrected chi connectivity index (χ1v) is 39.1. The average Bonchev–Trinajstić information content (AvgIpc) is 3.11. The van der Waals surface area contributed by atoms with Crippen molar-refractivity contribution in [1.82, 2.24) is 5.32 Å². The first-order valence-electron chi connectivity index (χ1n) is 39.1. The van der Waals surface area contributed by atoms with Gasteiger partial charge in [0.15, 0.2) is 12.4 Å². The molecule has 1 aliphatic rings. The summed E-state index contributed by atoms with van der Waals surface area (Å²) in [6, 6.07) is -1.02. The van der Waals surface area contributed by atoms with Gasteiger partial charge < -0.3 is 45.1 Å². The van der Waals surface area contributed by atoms with Gasteiger partial charge in [-0.15, -0.1) is 0 Å². The van der Waals surface area contributed by atoms with Crippen LogP contribution in [0.5, 0.6) is 0 Å². The van der Waals surface area contributed by atoms with Crippen LogP contribution in [0.2, 0.25) is 0 Å². The van der Waals surface area contributed by atoms with Crippen molar-refractivity contribution in [3.05, 3.63) is 24.3 Å². The second kappa shape index (κ2) is 66.2.